The summed E-state index contributed by atoms with van der Waals surface area (Å²) in [7, 11) is 0. The second kappa shape index (κ2) is 2.78. The molecule has 0 spiro atoms. The van der Waals surface area contributed by atoms with Crippen molar-refractivity contribution in [2.24, 2.45) is 5.11 Å². The maximum atomic E-state index is 8.12. The number of nitrogens with zero attached hydrogens (tertiary/aromatic N) is 1. The van der Waals surface area contributed by atoms with E-state index in [4.69, 9.17) is 10.6 Å². The van der Waals surface area contributed by atoms with Gasteiger partial charge in [0.25, 0.3) is 0 Å². The highest BCUT2D eigenvalue weighted by molar-refractivity contribution is 4.47. The van der Waals surface area contributed by atoms with Gasteiger partial charge >= 0.3 is 0 Å². The molecule has 2 N–H and O–H groups in total. The summed E-state index contributed by atoms with van der Waals surface area (Å²) in [6.07, 6.45) is 0. The van der Waals surface area contributed by atoms with Crippen LogP contribution in [0.5, 0.6) is 0 Å². The molecule has 0 radical (unpaired) electrons. The Kier molecular flexibility index (Phi) is 2.58. The standard InChI is InChI=1S/C3H8N2O/c1-3(2-6)5-4/h3-4,6H,2H2,1H3. The molecule has 6 heavy (non-hydrogen) atoms. The van der Waals surface area contributed by atoms with Crippen LogP contribution in [0.2, 0.25) is 0 Å². The zero-order valence-corrected chi connectivity index (χ0v) is 3.68. The molecule has 0 aliphatic carbocycles. The Morgan fingerprint density at radius 3 is 2.50 bits per heavy atom. The minimum Gasteiger partial charge on any atom is -0.394 e. The molecular weight excluding hydrogens is 80.0 g/mol. The fourth-order valence-corrected chi connectivity index (χ4v) is 0.0408. The number of hydrogen-bond acceptors (Lipinski definition) is 3. The van der Waals surface area contributed by atoms with Gasteiger partial charge in [0.05, 0.1) is 12.6 Å². The summed E-state index contributed by atoms with van der Waals surface area (Å²) in [5.74, 6) is 0. The Hall–Kier alpha value is -0.440. The van der Waals surface area contributed by atoms with Crippen molar-refractivity contribution in [1.82, 2.24) is 0 Å². The van der Waals surface area contributed by atoms with Crippen molar-refractivity contribution in [3.63, 3.8) is 0 Å². The predicted octanol–water partition coefficient (Wildman–Crippen LogP) is 0.398. The molecule has 0 aromatic heterocycles. The molecule has 0 aliphatic heterocycles. The summed E-state index contributed by atoms with van der Waals surface area (Å²) in [5, 5.41) is 11.1. The molecule has 3 heteroatoms. The molecule has 1 atom stereocenters. The lowest BCUT2D eigenvalue weighted by Gasteiger charge is -1.91. The van der Waals surface area contributed by atoms with E-state index in [-0.39, 0.29) is 12.6 Å². The highest BCUT2D eigenvalue weighted by Gasteiger charge is 1.88. The summed E-state index contributed by atoms with van der Waals surface area (Å²) >= 11 is 0. The molecule has 0 aromatic carbocycles. The summed E-state index contributed by atoms with van der Waals surface area (Å²) in [5.41, 5.74) is 6.27. The highest BCUT2D eigenvalue weighted by Crippen LogP contribution is 1.81. The highest BCUT2D eigenvalue weighted by atomic mass is 16.3. The van der Waals surface area contributed by atoms with Crippen LogP contribution in [0, 0.1) is 5.53 Å². The maximum Gasteiger partial charge on any atom is 0.0907 e. The average Bonchev–Trinajstić information content (AvgIpc) is 1.65. The quantitative estimate of drug-likeness (QED) is 0.471. The van der Waals surface area contributed by atoms with E-state index in [0.29, 0.717) is 0 Å². The Morgan fingerprint density at radius 1 is 2.00 bits per heavy atom. The van der Waals surface area contributed by atoms with Crippen LogP contribution in [0.4, 0.5) is 0 Å². The van der Waals surface area contributed by atoms with Gasteiger partial charge in [-0.3, -0.25) is 0 Å². The van der Waals surface area contributed by atoms with E-state index in [1.54, 1.807) is 6.92 Å². The Balaban J connectivity index is 2.96. The molecule has 36 valence electrons. The molecule has 1 unspecified atom stereocenters. The van der Waals surface area contributed by atoms with Crippen LogP contribution in [-0.4, -0.2) is 17.8 Å². The van der Waals surface area contributed by atoms with E-state index in [2.05, 4.69) is 5.11 Å². The van der Waals surface area contributed by atoms with E-state index in [1.165, 1.54) is 0 Å². The van der Waals surface area contributed by atoms with E-state index >= 15 is 0 Å². The van der Waals surface area contributed by atoms with E-state index in [0.717, 1.165) is 0 Å². The number of aliphatic hydroxyl groups excluding tert-OH is 1. The number of hydrogen-bond donors (Lipinski definition) is 2. The van der Waals surface area contributed by atoms with Crippen LogP contribution in [-0.2, 0) is 0 Å². The third-order valence-electron chi connectivity index (χ3n) is 0.485. The SMILES string of the molecule is CC(CO)N=N. The summed E-state index contributed by atoms with van der Waals surface area (Å²) in [6.45, 7) is 1.65. The molecule has 0 rings (SSSR count). The van der Waals surface area contributed by atoms with Crippen molar-refractivity contribution in [2.45, 2.75) is 13.0 Å². The lowest BCUT2D eigenvalue weighted by molar-refractivity contribution is 0.269. The first-order valence-electron chi connectivity index (χ1n) is 1.78. The molecular formula is C3H8N2O. The van der Waals surface area contributed by atoms with E-state index < -0.39 is 0 Å². The van der Waals surface area contributed by atoms with E-state index in [1.807, 2.05) is 0 Å². The molecule has 0 amide bonds. The van der Waals surface area contributed by atoms with E-state index in [9.17, 15) is 0 Å². The van der Waals surface area contributed by atoms with Gasteiger partial charge in [-0.25, -0.2) is 5.53 Å². The monoisotopic (exact) mass is 88.1 g/mol. The largest absolute Gasteiger partial charge is 0.394 e. The lowest BCUT2D eigenvalue weighted by Crippen LogP contribution is -2.00. The van der Waals surface area contributed by atoms with Crippen LogP contribution >= 0.6 is 0 Å². The van der Waals surface area contributed by atoms with Gasteiger partial charge in [-0.15, -0.1) is 0 Å². The summed E-state index contributed by atoms with van der Waals surface area (Å²) in [6, 6.07) is -0.218. The zero-order valence-electron chi connectivity index (χ0n) is 3.68. The number of rotatable bonds is 2. The van der Waals surface area contributed by atoms with Crippen LogP contribution in [0.25, 0.3) is 0 Å². The minimum atomic E-state index is -0.218. The van der Waals surface area contributed by atoms with Gasteiger partial charge in [-0.1, -0.05) is 0 Å². The maximum absolute atomic E-state index is 8.12. The zero-order chi connectivity index (χ0) is 4.99. The van der Waals surface area contributed by atoms with Crippen molar-refractivity contribution in [1.29, 1.82) is 5.53 Å². The third-order valence-corrected chi connectivity index (χ3v) is 0.485. The molecule has 0 saturated heterocycles. The molecule has 0 saturated carbocycles. The van der Waals surface area contributed by atoms with Gasteiger partial charge in [0.1, 0.15) is 0 Å². The molecule has 0 bridgehead atoms. The first-order chi connectivity index (χ1) is 2.81. The van der Waals surface area contributed by atoms with Gasteiger partial charge in [0.15, 0.2) is 0 Å². The first-order valence-corrected chi connectivity index (χ1v) is 1.78. The Bertz CT molecular complexity index is 46.1. The fraction of sp³-hybridized carbons (Fsp3) is 1.00. The molecule has 0 heterocycles. The van der Waals surface area contributed by atoms with Crippen molar-refractivity contribution >= 4 is 0 Å². The first kappa shape index (κ1) is 5.56. The van der Waals surface area contributed by atoms with Crippen LogP contribution < -0.4 is 0 Å². The topological polar surface area (TPSA) is 56.4 Å². The molecule has 0 aliphatic rings. The Labute approximate surface area is 36.5 Å². The number of nitrogens with one attached hydrogen (secondary N) is 1. The third kappa shape index (κ3) is 1.84. The van der Waals surface area contributed by atoms with Crippen molar-refractivity contribution in [3.05, 3.63) is 0 Å². The average molecular weight is 88.1 g/mol. The molecule has 0 fully saturated rings. The van der Waals surface area contributed by atoms with Gasteiger partial charge in [-0.2, -0.15) is 5.11 Å². The van der Waals surface area contributed by atoms with Gasteiger partial charge in [0.2, 0.25) is 0 Å². The lowest BCUT2D eigenvalue weighted by atomic mass is 10.4. The van der Waals surface area contributed by atoms with Crippen molar-refractivity contribution in [3.8, 4) is 0 Å². The van der Waals surface area contributed by atoms with Gasteiger partial charge in [-0.05, 0) is 6.92 Å². The Morgan fingerprint density at radius 2 is 2.50 bits per heavy atom. The second-order valence-electron chi connectivity index (χ2n) is 1.16. The number of aliphatic hydroxyl groups is 1. The van der Waals surface area contributed by atoms with Crippen molar-refractivity contribution in [2.75, 3.05) is 6.61 Å². The fourth-order valence-electron chi connectivity index (χ4n) is 0.0408. The van der Waals surface area contributed by atoms with Crippen LogP contribution in [0.3, 0.4) is 0 Å². The van der Waals surface area contributed by atoms with Gasteiger partial charge < -0.3 is 5.11 Å². The normalized spacial score (nSPS) is 13.7. The smallest absolute Gasteiger partial charge is 0.0907 e. The predicted molar refractivity (Wildman–Crippen MR) is 21.7 cm³/mol. The van der Waals surface area contributed by atoms with Gasteiger partial charge in [0, 0.05) is 0 Å². The van der Waals surface area contributed by atoms with Crippen LogP contribution in [0.1, 0.15) is 6.92 Å². The molecule has 0 aromatic rings. The second-order valence-corrected chi connectivity index (χ2v) is 1.16. The summed E-state index contributed by atoms with van der Waals surface area (Å²) in [4.78, 5) is 0. The summed E-state index contributed by atoms with van der Waals surface area (Å²) < 4.78 is 0. The minimum absolute atomic E-state index is 0.0243. The van der Waals surface area contributed by atoms with Crippen LogP contribution in [0.15, 0.2) is 5.11 Å². The molecule has 3 nitrogen and oxygen atoms in total. The van der Waals surface area contributed by atoms with Crippen molar-refractivity contribution < 1.29 is 5.11 Å².